The number of rotatable bonds is 3. The zero-order valence-electron chi connectivity index (χ0n) is 10.2. The fraction of sp³-hybridized carbons (Fsp3) is 0.308. The Hall–Kier alpha value is -2.37. The van der Waals surface area contributed by atoms with E-state index in [-0.39, 0.29) is 18.9 Å². The van der Waals surface area contributed by atoms with Crippen molar-refractivity contribution in [1.82, 2.24) is 0 Å². The highest BCUT2D eigenvalue weighted by atomic mass is 16.4. The maximum absolute atomic E-state index is 11.8. The highest BCUT2D eigenvalue weighted by Crippen LogP contribution is 2.24. The van der Waals surface area contributed by atoms with E-state index in [0.717, 1.165) is 0 Å². The van der Waals surface area contributed by atoms with E-state index in [1.165, 1.54) is 17.0 Å². The first kappa shape index (κ1) is 13.1. The quantitative estimate of drug-likeness (QED) is 0.833. The number of aliphatic carboxylic acids is 1. The second kappa shape index (κ2) is 5.09. The molecule has 19 heavy (non-hydrogen) atoms. The van der Waals surface area contributed by atoms with Gasteiger partial charge in [0.25, 0.3) is 0 Å². The first-order valence-corrected chi connectivity index (χ1v) is 5.92. The van der Waals surface area contributed by atoms with Crippen LogP contribution in [0, 0.1) is 5.92 Å². The van der Waals surface area contributed by atoms with Crippen molar-refractivity contribution in [2.45, 2.75) is 12.8 Å². The number of amides is 2. The molecule has 1 heterocycles. The van der Waals surface area contributed by atoms with Crippen molar-refractivity contribution in [3.8, 4) is 0 Å². The molecule has 1 atom stereocenters. The fourth-order valence-corrected chi connectivity index (χ4v) is 2.10. The second-order valence-electron chi connectivity index (χ2n) is 4.49. The SMILES string of the molecule is NC(=O)c1ccc(N2CC(C(=O)O)CCC2=O)cc1. The zero-order chi connectivity index (χ0) is 14.0. The van der Waals surface area contributed by atoms with E-state index in [2.05, 4.69) is 0 Å². The number of nitrogens with two attached hydrogens (primary N) is 1. The lowest BCUT2D eigenvalue weighted by Crippen LogP contribution is -2.42. The maximum Gasteiger partial charge on any atom is 0.308 e. The summed E-state index contributed by atoms with van der Waals surface area (Å²) in [6.45, 7) is 0.157. The van der Waals surface area contributed by atoms with Gasteiger partial charge >= 0.3 is 5.97 Å². The van der Waals surface area contributed by atoms with Crippen LogP contribution in [-0.4, -0.2) is 29.4 Å². The molecular formula is C13H14N2O4. The lowest BCUT2D eigenvalue weighted by atomic mass is 9.97. The first-order chi connectivity index (χ1) is 8.99. The van der Waals surface area contributed by atoms with Crippen molar-refractivity contribution in [3.63, 3.8) is 0 Å². The minimum absolute atomic E-state index is 0.107. The molecule has 2 amide bonds. The number of carboxylic acids is 1. The predicted molar refractivity (Wildman–Crippen MR) is 67.7 cm³/mol. The Kier molecular flexibility index (Phi) is 3.50. The van der Waals surface area contributed by atoms with Gasteiger partial charge in [-0.05, 0) is 30.7 Å². The minimum Gasteiger partial charge on any atom is -0.481 e. The van der Waals surface area contributed by atoms with Gasteiger partial charge in [-0.2, -0.15) is 0 Å². The topological polar surface area (TPSA) is 101 Å². The Morgan fingerprint density at radius 1 is 1.26 bits per heavy atom. The number of hydrogen-bond acceptors (Lipinski definition) is 3. The Bertz CT molecular complexity index is 524. The van der Waals surface area contributed by atoms with Gasteiger partial charge in [0.05, 0.1) is 5.92 Å². The van der Waals surface area contributed by atoms with Gasteiger partial charge in [-0.15, -0.1) is 0 Å². The minimum atomic E-state index is -0.897. The molecule has 0 radical (unpaired) electrons. The monoisotopic (exact) mass is 262 g/mol. The smallest absolute Gasteiger partial charge is 0.308 e. The van der Waals surface area contributed by atoms with Crippen molar-refractivity contribution < 1.29 is 19.5 Å². The summed E-state index contributed by atoms with van der Waals surface area (Å²) in [7, 11) is 0. The van der Waals surface area contributed by atoms with E-state index in [1.807, 2.05) is 0 Å². The normalized spacial score (nSPS) is 19.3. The molecule has 6 heteroatoms. The van der Waals surface area contributed by atoms with Gasteiger partial charge in [0, 0.05) is 24.2 Å². The van der Waals surface area contributed by atoms with Crippen molar-refractivity contribution in [2.75, 3.05) is 11.4 Å². The van der Waals surface area contributed by atoms with Gasteiger partial charge in [0.1, 0.15) is 0 Å². The summed E-state index contributed by atoms with van der Waals surface area (Å²) >= 11 is 0. The van der Waals surface area contributed by atoms with Crippen LogP contribution in [0.3, 0.4) is 0 Å². The number of piperidine rings is 1. The van der Waals surface area contributed by atoms with Gasteiger partial charge in [0.2, 0.25) is 11.8 Å². The Labute approximate surface area is 109 Å². The molecule has 1 aliphatic rings. The molecule has 1 aromatic rings. The number of benzene rings is 1. The van der Waals surface area contributed by atoms with Crippen molar-refractivity contribution >= 4 is 23.5 Å². The lowest BCUT2D eigenvalue weighted by molar-refractivity contribution is -0.142. The average molecular weight is 262 g/mol. The summed E-state index contributed by atoms with van der Waals surface area (Å²) in [5.41, 5.74) is 6.07. The number of carboxylic acid groups (broad SMARTS) is 1. The molecule has 0 bridgehead atoms. The van der Waals surface area contributed by atoms with E-state index in [9.17, 15) is 14.4 Å². The number of carbonyl (C=O) groups excluding carboxylic acids is 2. The Balaban J connectivity index is 2.21. The highest BCUT2D eigenvalue weighted by Gasteiger charge is 2.30. The van der Waals surface area contributed by atoms with Crippen LogP contribution < -0.4 is 10.6 Å². The van der Waals surface area contributed by atoms with Gasteiger partial charge in [-0.25, -0.2) is 0 Å². The van der Waals surface area contributed by atoms with Crippen LogP contribution in [0.4, 0.5) is 5.69 Å². The van der Waals surface area contributed by atoms with Crippen LogP contribution in [0.5, 0.6) is 0 Å². The fourth-order valence-electron chi connectivity index (χ4n) is 2.10. The van der Waals surface area contributed by atoms with Crippen LogP contribution in [0.1, 0.15) is 23.2 Å². The Morgan fingerprint density at radius 3 is 2.42 bits per heavy atom. The standard InChI is InChI=1S/C13H14N2O4/c14-12(17)8-1-4-10(5-2-8)15-7-9(13(18)19)3-6-11(15)16/h1-2,4-5,9H,3,6-7H2,(H2,14,17)(H,18,19). The maximum atomic E-state index is 11.8. The molecule has 0 aliphatic carbocycles. The van der Waals surface area contributed by atoms with E-state index < -0.39 is 17.8 Å². The average Bonchev–Trinajstić information content (AvgIpc) is 2.39. The molecule has 1 aromatic carbocycles. The molecule has 2 rings (SSSR count). The molecule has 1 saturated heterocycles. The van der Waals surface area contributed by atoms with Crippen LogP contribution in [0.2, 0.25) is 0 Å². The van der Waals surface area contributed by atoms with Crippen LogP contribution in [-0.2, 0) is 9.59 Å². The number of carbonyl (C=O) groups is 3. The molecule has 100 valence electrons. The largest absolute Gasteiger partial charge is 0.481 e. The number of nitrogens with zero attached hydrogens (tertiary/aromatic N) is 1. The molecule has 1 aliphatic heterocycles. The summed E-state index contributed by atoms with van der Waals surface area (Å²) in [4.78, 5) is 35.2. The van der Waals surface area contributed by atoms with E-state index in [1.54, 1.807) is 12.1 Å². The highest BCUT2D eigenvalue weighted by molar-refractivity contribution is 5.97. The van der Waals surface area contributed by atoms with Crippen molar-refractivity contribution in [2.24, 2.45) is 11.7 Å². The molecule has 0 saturated carbocycles. The third-order valence-electron chi connectivity index (χ3n) is 3.22. The number of anilines is 1. The lowest BCUT2D eigenvalue weighted by Gasteiger charge is -2.30. The van der Waals surface area contributed by atoms with E-state index in [4.69, 9.17) is 10.8 Å². The van der Waals surface area contributed by atoms with Gasteiger partial charge in [-0.1, -0.05) is 0 Å². The van der Waals surface area contributed by atoms with Crippen molar-refractivity contribution in [3.05, 3.63) is 29.8 Å². The third-order valence-corrected chi connectivity index (χ3v) is 3.22. The molecule has 0 spiro atoms. The van der Waals surface area contributed by atoms with Gasteiger partial charge < -0.3 is 15.7 Å². The summed E-state index contributed by atoms with van der Waals surface area (Å²) in [5, 5.41) is 9.01. The number of primary amides is 1. The van der Waals surface area contributed by atoms with E-state index >= 15 is 0 Å². The third kappa shape index (κ3) is 2.73. The zero-order valence-corrected chi connectivity index (χ0v) is 10.2. The molecule has 3 N–H and O–H groups in total. The molecule has 1 fully saturated rings. The Morgan fingerprint density at radius 2 is 1.89 bits per heavy atom. The van der Waals surface area contributed by atoms with Crippen LogP contribution in [0.15, 0.2) is 24.3 Å². The first-order valence-electron chi connectivity index (χ1n) is 5.92. The molecular weight excluding hydrogens is 248 g/mol. The molecule has 6 nitrogen and oxygen atoms in total. The van der Waals surface area contributed by atoms with Gasteiger partial charge in [0.15, 0.2) is 0 Å². The summed E-state index contributed by atoms with van der Waals surface area (Å²) < 4.78 is 0. The van der Waals surface area contributed by atoms with Crippen LogP contribution in [0.25, 0.3) is 0 Å². The van der Waals surface area contributed by atoms with E-state index in [0.29, 0.717) is 17.7 Å². The second-order valence-corrected chi connectivity index (χ2v) is 4.49. The van der Waals surface area contributed by atoms with Crippen LogP contribution >= 0.6 is 0 Å². The van der Waals surface area contributed by atoms with Crippen molar-refractivity contribution in [1.29, 1.82) is 0 Å². The summed E-state index contributed by atoms with van der Waals surface area (Å²) in [6.07, 6.45) is 0.582. The molecule has 0 aromatic heterocycles. The molecule has 1 unspecified atom stereocenters. The number of hydrogen-bond donors (Lipinski definition) is 2. The van der Waals surface area contributed by atoms with Gasteiger partial charge in [-0.3, -0.25) is 14.4 Å². The predicted octanol–water partition coefficient (Wildman–Crippen LogP) is 0.613. The summed E-state index contributed by atoms with van der Waals surface area (Å²) in [6, 6.07) is 6.25. The summed E-state index contributed by atoms with van der Waals surface area (Å²) in [5.74, 6) is -2.09.